The number of thioether (sulfide) groups is 1. The highest BCUT2D eigenvalue weighted by molar-refractivity contribution is 7.99. The van der Waals surface area contributed by atoms with Gasteiger partial charge in [-0.15, -0.1) is 11.8 Å². The number of nitriles is 1. The molecule has 29 heavy (non-hydrogen) atoms. The first-order valence-corrected chi connectivity index (χ1v) is 11.8. The predicted octanol–water partition coefficient (Wildman–Crippen LogP) is 1.49. The molecule has 2 N–H and O–H groups in total. The van der Waals surface area contributed by atoms with Crippen molar-refractivity contribution in [1.82, 2.24) is 14.8 Å². The molecule has 1 saturated carbocycles. The lowest BCUT2D eigenvalue weighted by Crippen LogP contribution is -2.53. The summed E-state index contributed by atoms with van der Waals surface area (Å²) in [4.78, 5) is 23.8. The number of hydrogen-bond donors (Lipinski definition) is 1. The number of hydrogen-bond acceptors (Lipinski definition) is 7. The molecule has 0 aromatic carbocycles. The molecule has 3 fully saturated rings. The number of pyridine rings is 1. The van der Waals surface area contributed by atoms with E-state index < -0.39 is 0 Å². The smallest absolute Gasteiger partial charge is 0.240 e. The van der Waals surface area contributed by atoms with Gasteiger partial charge in [-0.2, -0.15) is 5.26 Å². The van der Waals surface area contributed by atoms with E-state index in [0.717, 1.165) is 75.9 Å². The lowest BCUT2D eigenvalue weighted by molar-refractivity contribution is -0.132. The van der Waals surface area contributed by atoms with E-state index in [1.54, 1.807) is 6.20 Å². The Labute approximate surface area is 177 Å². The summed E-state index contributed by atoms with van der Waals surface area (Å²) in [5.74, 6) is 3.28. The van der Waals surface area contributed by atoms with Gasteiger partial charge in [-0.1, -0.05) is 0 Å². The van der Waals surface area contributed by atoms with Crippen molar-refractivity contribution < 1.29 is 4.79 Å². The van der Waals surface area contributed by atoms with E-state index in [2.05, 4.69) is 20.9 Å². The zero-order valence-corrected chi connectivity index (χ0v) is 17.7. The molecule has 0 radical (unpaired) electrons. The van der Waals surface area contributed by atoms with E-state index in [1.165, 1.54) is 0 Å². The Bertz CT molecular complexity index is 729. The van der Waals surface area contributed by atoms with Crippen LogP contribution in [0.1, 0.15) is 31.2 Å². The SMILES string of the molecule is N#Cc1ccc(N2CCN([C@H]3CC[C@H]([C@H](N)C(=O)N4CCSC4)CC3)CC2)nc1. The summed E-state index contributed by atoms with van der Waals surface area (Å²) < 4.78 is 0. The van der Waals surface area contributed by atoms with Gasteiger partial charge in [-0.25, -0.2) is 4.98 Å². The Morgan fingerprint density at radius 1 is 1.17 bits per heavy atom. The molecule has 1 atom stereocenters. The second kappa shape index (κ2) is 9.33. The number of carbonyl (C=O) groups is 1. The lowest BCUT2D eigenvalue weighted by Gasteiger charge is -2.43. The van der Waals surface area contributed by atoms with Gasteiger partial charge in [0.2, 0.25) is 5.91 Å². The average molecular weight is 415 g/mol. The van der Waals surface area contributed by atoms with Crippen LogP contribution in [0.2, 0.25) is 0 Å². The topological polar surface area (TPSA) is 89.5 Å². The molecule has 156 valence electrons. The summed E-state index contributed by atoms with van der Waals surface area (Å²) in [5, 5.41) is 8.92. The van der Waals surface area contributed by atoms with Gasteiger partial charge >= 0.3 is 0 Å². The first-order valence-electron chi connectivity index (χ1n) is 10.6. The summed E-state index contributed by atoms with van der Waals surface area (Å²) in [5.41, 5.74) is 6.95. The van der Waals surface area contributed by atoms with Gasteiger partial charge < -0.3 is 15.5 Å². The largest absolute Gasteiger partial charge is 0.354 e. The number of carbonyl (C=O) groups excluding carboxylic acids is 1. The van der Waals surface area contributed by atoms with Crippen molar-refractivity contribution in [3.05, 3.63) is 23.9 Å². The van der Waals surface area contributed by atoms with Crippen LogP contribution < -0.4 is 10.6 Å². The summed E-state index contributed by atoms with van der Waals surface area (Å²) in [6.07, 6.45) is 6.02. The maximum absolute atomic E-state index is 12.6. The highest BCUT2D eigenvalue weighted by Gasteiger charge is 2.35. The first kappa shape index (κ1) is 20.5. The molecule has 3 aliphatic rings. The zero-order chi connectivity index (χ0) is 20.2. The molecule has 1 aromatic rings. The first-order chi connectivity index (χ1) is 14.2. The van der Waals surface area contributed by atoms with Crippen molar-refractivity contribution in [1.29, 1.82) is 5.26 Å². The van der Waals surface area contributed by atoms with E-state index in [4.69, 9.17) is 11.0 Å². The molecular formula is C21H30N6OS. The molecule has 0 bridgehead atoms. The van der Waals surface area contributed by atoms with Gasteiger partial charge in [-0.3, -0.25) is 9.69 Å². The molecule has 0 spiro atoms. The number of amides is 1. The second-order valence-electron chi connectivity index (χ2n) is 8.27. The lowest BCUT2D eigenvalue weighted by atomic mass is 9.80. The second-order valence-corrected chi connectivity index (χ2v) is 9.35. The Morgan fingerprint density at radius 3 is 2.52 bits per heavy atom. The number of aromatic nitrogens is 1. The highest BCUT2D eigenvalue weighted by atomic mass is 32.2. The van der Waals surface area contributed by atoms with Crippen LogP contribution in [-0.2, 0) is 4.79 Å². The molecule has 3 heterocycles. The summed E-state index contributed by atoms with van der Waals surface area (Å²) in [6, 6.07) is 6.17. The van der Waals surface area contributed by atoms with Gasteiger partial charge in [0.25, 0.3) is 0 Å². The molecule has 1 aliphatic carbocycles. The number of rotatable bonds is 4. The predicted molar refractivity (Wildman–Crippen MR) is 115 cm³/mol. The van der Waals surface area contributed by atoms with Crippen LogP contribution in [-0.4, -0.2) is 77.1 Å². The van der Waals surface area contributed by atoms with Crippen molar-refractivity contribution in [2.45, 2.75) is 37.8 Å². The fourth-order valence-corrected chi connectivity index (χ4v) is 5.74. The van der Waals surface area contributed by atoms with E-state index >= 15 is 0 Å². The minimum absolute atomic E-state index is 0.155. The highest BCUT2D eigenvalue weighted by Crippen LogP contribution is 2.31. The van der Waals surface area contributed by atoms with Gasteiger partial charge in [-0.05, 0) is 43.7 Å². The Hall–Kier alpha value is -1.82. The van der Waals surface area contributed by atoms with Crippen LogP contribution in [0.4, 0.5) is 5.82 Å². The van der Waals surface area contributed by atoms with E-state index in [1.807, 2.05) is 28.8 Å². The van der Waals surface area contributed by atoms with Crippen LogP contribution in [0.15, 0.2) is 18.3 Å². The molecule has 1 aromatic heterocycles. The average Bonchev–Trinajstić information content (AvgIpc) is 3.33. The Kier molecular flexibility index (Phi) is 6.58. The van der Waals surface area contributed by atoms with Crippen LogP contribution >= 0.6 is 11.8 Å². The number of piperazine rings is 1. The zero-order valence-electron chi connectivity index (χ0n) is 16.9. The van der Waals surface area contributed by atoms with Gasteiger partial charge in [0.15, 0.2) is 0 Å². The Balaban J connectivity index is 1.23. The van der Waals surface area contributed by atoms with Crippen molar-refractivity contribution in [3.8, 4) is 6.07 Å². The van der Waals surface area contributed by atoms with Gasteiger partial charge in [0.1, 0.15) is 11.9 Å². The fraction of sp³-hybridized carbons (Fsp3) is 0.667. The van der Waals surface area contributed by atoms with Crippen LogP contribution in [0.3, 0.4) is 0 Å². The minimum atomic E-state index is -0.325. The van der Waals surface area contributed by atoms with Crippen molar-refractivity contribution in [2.24, 2.45) is 11.7 Å². The Morgan fingerprint density at radius 2 is 1.93 bits per heavy atom. The third kappa shape index (κ3) is 4.68. The van der Waals surface area contributed by atoms with E-state index in [9.17, 15) is 4.79 Å². The quantitative estimate of drug-likeness (QED) is 0.798. The monoisotopic (exact) mass is 414 g/mol. The number of nitrogens with zero attached hydrogens (tertiary/aromatic N) is 5. The maximum Gasteiger partial charge on any atom is 0.240 e. The molecule has 0 unspecified atom stereocenters. The van der Waals surface area contributed by atoms with Crippen LogP contribution in [0, 0.1) is 17.2 Å². The normalized spacial score (nSPS) is 26.9. The summed E-state index contributed by atoms with van der Waals surface area (Å²) in [6.45, 7) is 4.85. The summed E-state index contributed by atoms with van der Waals surface area (Å²) in [7, 11) is 0. The molecule has 7 nitrogen and oxygen atoms in total. The van der Waals surface area contributed by atoms with Crippen molar-refractivity contribution in [3.63, 3.8) is 0 Å². The van der Waals surface area contributed by atoms with E-state index in [-0.39, 0.29) is 11.9 Å². The third-order valence-corrected chi connectivity index (χ3v) is 7.60. The van der Waals surface area contributed by atoms with Crippen molar-refractivity contribution >= 4 is 23.5 Å². The maximum atomic E-state index is 12.6. The van der Waals surface area contributed by atoms with E-state index in [0.29, 0.717) is 17.5 Å². The standard InChI is InChI=1S/C21H30N6OS/c22-13-16-1-6-19(24-14-16)26-9-7-25(8-10-26)18-4-2-17(3-5-18)20(23)21(28)27-11-12-29-15-27/h1,6,14,17-18,20H,2-5,7-12,15,23H2/t17-,18-,20-/m0/s1. The molecule has 4 rings (SSSR count). The van der Waals surface area contributed by atoms with Gasteiger partial charge in [0.05, 0.1) is 17.5 Å². The van der Waals surface area contributed by atoms with Crippen LogP contribution in [0.5, 0.6) is 0 Å². The number of nitrogens with two attached hydrogens (primary N) is 1. The molecule has 2 saturated heterocycles. The number of anilines is 1. The molecule has 8 heteroatoms. The fourth-order valence-electron chi connectivity index (χ4n) is 4.78. The van der Waals surface area contributed by atoms with Gasteiger partial charge in [0, 0.05) is 50.7 Å². The molecule has 1 amide bonds. The molecule has 2 aliphatic heterocycles. The minimum Gasteiger partial charge on any atom is -0.354 e. The van der Waals surface area contributed by atoms with Crippen molar-refractivity contribution in [2.75, 3.05) is 49.3 Å². The summed E-state index contributed by atoms with van der Waals surface area (Å²) >= 11 is 1.81. The molecular weight excluding hydrogens is 384 g/mol. The van der Waals surface area contributed by atoms with Crippen LogP contribution in [0.25, 0.3) is 0 Å². The third-order valence-electron chi connectivity index (χ3n) is 6.63.